The number of methoxy groups -OCH3 is 1. The zero-order valence-electron chi connectivity index (χ0n) is 11.4. The van der Waals surface area contributed by atoms with Gasteiger partial charge in [-0.2, -0.15) is 4.31 Å². The molecule has 0 amide bonds. The van der Waals surface area contributed by atoms with Gasteiger partial charge in [-0.3, -0.25) is 0 Å². The smallest absolute Gasteiger partial charge is 0.252 e. The predicted molar refractivity (Wildman–Crippen MR) is 79.6 cm³/mol. The Kier molecular flexibility index (Phi) is 6.76. The Labute approximate surface area is 124 Å². The Morgan fingerprint density at radius 3 is 2.63 bits per heavy atom. The van der Waals surface area contributed by atoms with E-state index in [4.69, 9.17) is 16.3 Å². The standard InChI is InChI=1S/C12H20ClNO3S2/c1-10(2)14(8-9-17-3)19(15,16)12-5-4-11(18-12)6-7-13/h4-5,10H,6-9H2,1-3H3. The van der Waals surface area contributed by atoms with E-state index in [1.807, 2.05) is 19.9 Å². The van der Waals surface area contributed by atoms with Gasteiger partial charge in [-0.1, -0.05) is 0 Å². The highest BCUT2D eigenvalue weighted by Crippen LogP contribution is 2.26. The van der Waals surface area contributed by atoms with Gasteiger partial charge in [0, 0.05) is 30.5 Å². The summed E-state index contributed by atoms with van der Waals surface area (Å²) in [4.78, 5) is 0.990. The van der Waals surface area contributed by atoms with E-state index in [2.05, 4.69) is 0 Å². The van der Waals surface area contributed by atoms with Crippen molar-refractivity contribution < 1.29 is 13.2 Å². The van der Waals surface area contributed by atoms with Crippen LogP contribution in [0.25, 0.3) is 0 Å². The summed E-state index contributed by atoms with van der Waals surface area (Å²) in [5.41, 5.74) is 0. The first-order valence-corrected chi connectivity index (χ1v) is 8.88. The molecule has 0 N–H and O–H groups in total. The molecule has 1 aromatic rings. The van der Waals surface area contributed by atoms with E-state index in [0.29, 0.717) is 29.7 Å². The van der Waals surface area contributed by atoms with E-state index in [1.165, 1.54) is 15.6 Å². The van der Waals surface area contributed by atoms with Crippen LogP contribution in [0.5, 0.6) is 0 Å². The van der Waals surface area contributed by atoms with Crippen LogP contribution in [0.2, 0.25) is 0 Å². The topological polar surface area (TPSA) is 46.6 Å². The number of nitrogens with zero attached hydrogens (tertiary/aromatic N) is 1. The molecule has 0 aliphatic carbocycles. The molecule has 19 heavy (non-hydrogen) atoms. The lowest BCUT2D eigenvalue weighted by atomic mass is 10.4. The number of hydrogen-bond donors (Lipinski definition) is 0. The first kappa shape index (κ1) is 16.9. The van der Waals surface area contributed by atoms with Crippen molar-refractivity contribution in [3.8, 4) is 0 Å². The average molecular weight is 326 g/mol. The summed E-state index contributed by atoms with van der Waals surface area (Å²) in [7, 11) is -1.88. The Morgan fingerprint density at radius 2 is 2.11 bits per heavy atom. The first-order valence-electron chi connectivity index (χ1n) is 6.09. The van der Waals surface area contributed by atoms with Crippen LogP contribution in [-0.4, -0.2) is 44.9 Å². The van der Waals surface area contributed by atoms with Gasteiger partial charge in [0.05, 0.1) is 6.61 Å². The minimum Gasteiger partial charge on any atom is -0.383 e. The van der Waals surface area contributed by atoms with Crippen molar-refractivity contribution in [2.45, 2.75) is 30.5 Å². The van der Waals surface area contributed by atoms with E-state index in [9.17, 15) is 8.42 Å². The number of hydrogen-bond acceptors (Lipinski definition) is 4. The van der Waals surface area contributed by atoms with Gasteiger partial charge in [-0.25, -0.2) is 8.42 Å². The van der Waals surface area contributed by atoms with E-state index < -0.39 is 10.0 Å². The van der Waals surface area contributed by atoms with Crippen LogP contribution in [0.1, 0.15) is 18.7 Å². The van der Waals surface area contributed by atoms with Gasteiger partial charge in [0.2, 0.25) is 0 Å². The Morgan fingerprint density at radius 1 is 1.42 bits per heavy atom. The highest BCUT2D eigenvalue weighted by Gasteiger charge is 2.28. The van der Waals surface area contributed by atoms with Crippen LogP contribution in [0.3, 0.4) is 0 Å². The minimum atomic E-state index is -3.44. The SMILES string of the molecule is COCCN(C(C)C)S(=O)(=O)c1ccc(CCCl)s1. The van der Waals surface area contributed by atoms with Crippen LogP contribution in [-0.2, 0) is 21.2 Å². The molecule has 0 spiro atoms. The highest BCUT2D eigenvalue weighted by molar-refractivity contribution is 7.91. The normalized spacial score (nSPS) is 12.5. The van der Waals surface area contributed by atoms with Gasteiger partial charge < -0.3 is 4.74 Å². The minimum absolute atomic E-state index is 0.0984. The van der Waals surface area contributed by atoms with Gasteiger partial charge >= 0.3 is 0 Å². The zero-order valence-corrected chi connectivity index (χ0v) is 13.8. The van der Waals surface area contributed by atoms with Crippen molar-refractivity contribution in [3.63, 3.8) is 0 Å². The number of alkyl halides is 1. The lowest BCUT2D eigenvalue weighted by molar-refractivity contribution is 0.171. The lowest BCUT2D eigenvalue weighted by Gasteiger charge is -2.24. The van der Waals surface area contributed by atoms with E-state index >= 15 is 0 Å². The van der Waals surface area contributed by atoms with Crippen LogP contribution >= 0.6 is 22.9 Å². The van der Waals surface area contributed by atoms with Crippen molar-refractivity contribution >= 4 is 33.0 Å². The summed E-state index contributed by atoms with van der Waals surface area (Å²) in [5.74, 6) is 0.498. The molecule has 0 bridgehead atoms. The fraction of sp³-hybridized carbons (Fsp3) is 0.667. The molecule has 0 saturated carbocycles. The van der Waals surface area contributed by atoms with Gasteiger partial charge in [-0.05, 0) is 32.4 Å². The number of halogens is 1. The maximum absolute atomic E-state index is 12.5. The number of sulfonamides is 1. The lowest BCUT2D eigenvalue weighted by Crippen LogP contribution is -2.38. The number of aryl methyl sites for hydroxylation is 1. The second-order valence-corrected chi connectivity index (χ2v) is 8.03. The Bertz CT molecular complexity index is 485. The molecule has 1 heterocycles. The van der Waals surface area contributed by atoms with Crippen molar-refractivity contribution in [2.75, 3.05) is 26.1 Å². The molecule has 1 aromatic heterocycles. The van der Waals surface area contributed by atoms with Gasteiger partial charge in [0.25, 0.3) is 10.0 Å². The highest BCUT2D eigenvalue weighted by atomic mass is 35.5. The molecule has 0 saturated heterocycles. The number of ether oxygens (including phenoxy) is 1. The van der Waals surface area contributed by atoms with Crippen molar-refractivity contribution in [3.05, 3.63) is 17.0 Å². The summed E-state index contributed by atoms with van der Waals surface area (Å²) in [6.07, 6.45) is 0.696. The van der Waals surface area contributed by atoms with Gasteiger partial charge in [-0.15, -0.1) is 22.9 Å². The fourth-order valence-electron chi connectivity index (χ4n) is 1.68. The molecule has 110 valence electrons. The van der Waals surface area contributed by atoms with E-state index in [1.54, 1.807) is 13.2 Å². The molecule has 0 atom stereocenters. The van der Waals surface area contributed by atoms with Crippen molar-refractivity contribution in [2.24, 2.45) is 0 Å². The summed E-state index contributed by atoms with van der Waals surface area (Å²) >= 11 is 6.96. The maximum Gasteiger partial charge on any atom is 0.252 e. The zero-order chi connectivity index (χ0) is 14.5. The summed E-state index contributed by atoms with van der Waals surface area (Å²) < 4.78 is 31.9. The fourth-order valence-corrected chi connectivity index (χ4v) is 5.10. The molecule has 0 aliphatic heterocycles. The average Bonchev–Trinajstić information content (AvgIpc) is 2.78. The van der Waals surface area contributed by atoms with E-state index in [-0.39, 0.29) is 6.04 Å². The molecule has 0 aromatic carbocycles. The summed E-state index contributed by atoms with van der Waals surface area (Å²) in [6.45, 7) is 4.47. The van der Waals surface area contributed by atoms with Crippen LogP contribution < -0.4 is 0 Å². The second kappa shape index (κ2) is 7.59. The van der Waals surface area contributed by atoms with Crippen LogP contribution in [0.15, 0.2) is 16.3 Å². The molecule has 0 aliphatic rings. The largest absolute Gasteiger partial charge is 0.383 e. The molecule has 0 fully saturated rings. The van der Waals surface area contributed by atoms with Gasteiger partial charge in [0.15, 0.2) is 0 Å². The van der Waals surface area contributed by atoms with Gasteiger partial charge in [0.1, 0.15) is 4.21 Å². The van der Waals surface area contributed by atoms with Crippen LogP contribution in [0.4, 0.5) is 0 Å². The molecular formula is C12H20ClNO3S2. The van der Waals surface area contributed by atoms with Crippen LogP contribution in [0, 0.1) is 0 Å². The first-order chi connectivity index (χ1) is 8.93. The molecule has 4 nitrogen and oxygen atoms in total. The van der Waals surface area contributed by atoms with Crippen molar-refractivity contribution in [1.29, 1.82) is 0 Å². The molecular weight excluding hydrogens is 306 g/mol. The third-order valence-electron chi connectivity index (χ3n) is 2.63. The monoisotopic (exact) mass is 325 g/mol. The number of thiophene rings is 1. The second-order valence-electron chi connectivity index (χ2n) is 4.36. The quantitative estimate of drug-likeness (QED) is 0.690. The van der Waals surface area contributed by atoms with E-state index in [0.717, 1.165) is 4.88 Å². The predicted octanol–water partition coefficient (Wildman–Crippen LogP) is 2.57. The molecule has 0 unspecified atom stereocenters. The Balaban J connectivity index is 2.97. The molecule has 1 rings (SSSR count). The molecule has 0 radical (unpaired) electrons. The number of rotatable bonds is 8. The third kappa shape index (κ3) is 4.43. The third-order valence-corrected chi connectivity index (χ3v) is 6.51. The summed E-state index contributed by atoms with van der Waals surface area (Å²) in [6, 6.07) is 3.39. The molecule has 7 heteroatoms. The van der Waals surface area contributed by atoms with Crippen molar-refractivity contribution in [1.82, 2.24) is 4.31 Å². The Hall–Kier alpha value is -0.140. The summed E-state index contributed by atoms with van der Waals surface area (Å²) in [5, 5.41) is 0. The maximum atomic E-state index is 12.5.